The van der Waals surface area contributed by atoms with Crippen molar-refractivity contribution in [2.24, 2.45) is 5.10 Å². The van der Waals surface area contributed by atoms with E-state index in [1.165, 1.54) is 5.56 Å². The van der Waals surface area contributed by atoms with Crippen LogP contribution in [0, 0.1) is 13.8 Å². The topological polar surface area (TPSA) is 54.6 Å². The van der Waals surface area contributed by atoms with Gasteiger partial charge in [-0.3, -0.25) is 4.79 Å². The molecule has 25 heavy (non-hydrogen) atoms. The highest BCUT2D eigenvalue weighted by Gasteiger charge is 2.12. The molecule has 3 aromatic rings. The fourth-order valence-electron chi connectivity index (χ4n) is 2.65. The minimum absolute atomic E-state index is 0.269. The predicted molar refractivity (Wildman–Crippen MR) is 99.7 cm³/mol. The van der Waals surface area contributed by atoms with E-state index >= 15 is 0 Å². The second-order valence-electron chi connectivity index (χ2n) is 5.91. The van der Waals surface area contributed by atoms with E-state index in [2.05, 4.69) is 34.8 Å². The molecule has 0 saturated carbocycles. The Hall–Kier alpha value is -3.14. The Balaban J connectivity index is 1.72. The van der Waals surface area contributed by atoms with Crippen molar-refractivity contribution in [3.8, 4) is 11.1 Å². The van der Waals surface area contributed by atoms with Crippen LogP contribution >= 0.6 is 0 Å². The van der Waals surface area contributed by atoms with Crippen LogP contribution in [0.1, 0.15) is 34.4 Å². The number of hydrazone groups is 1. The molecule has 4 heteroatoms. The van der Waals surface area contributed by atoms with Crippen LogP contribution in [0.5, 0.6) is 0 Å². The molecule has 0 aliphatic heterocycles. The van der Waals surface area contributed by atoms with Crippen molar-refractivity contribution in [2.45, 2.75) is 20.8 Å². The summed E-state index contributed by atoms with van der Waals surface area (Å²) < 4.78 is 5.37. The average molecular weight is 332 g/mol. The van der Waals surface area contributed by atoms with E-state index in [4.69, 9.17) is 4.42 Å². The zero-order valence-corrected chi connectivity index (χ0v) is 14.5. The molecular formula is C21H20N2O2. The van der Waals surface area contributed by atoms with Gasteiger partial charge in [-0.15, -0.1) is 0 Å². The lowest BCUT2D eigenvalue weighted by molar-refractivity contribution is 0.0953. The zero-order valence-electron chi connectivity index (χ0n) is 14.5. The number of nitrogens with zero attached hydrogens (tertiary/aromatic N) is 1. The number of rotatable bonds is 4. The number of amides is 1. The van der Waals surface area contributed by atoms with Gasteiger partial charge in [-0.05, 0) is 43.5 Å². The monoisotopic (exact) mass is 332 g/mol. The van der Waals surface area contributed by atoms with Crippen molar-refractivity contribution >= 4 is 11.6 Å². The fourth-order valence-corrected chi connectivity index (χ4v) is 2.65. The average Bonchev–Trinajstić information content (AvgIpc) is 2.98. The van der Waals surface area contributed by atoms with Gasteiger partial charge < -0.3 is 4.42 Å². The number of carbonyl (C=O) groups excluding carboxylic acids is 1. The van der Waals surface area contributed by atoms with Crippen LogP contribution in [-0.4, -0.2) is 11.6 Å². The van der Waals surface area contributed by atoms with Crippen LogP contribution in [0.2, 0.25) is 0 Å². The smallest absolute Gasteiger partial charge is 0.274 e. The molecule has 0 radical (unpaired) electrons. The molecular weight excluding hydrogens is 312 g/mol. The molecule has 126 valence electrons. The Bertz CT molecular complexity index is 907. The van der Waals surface area contributed by atoms with Gasteiger partial charge in [-0.1, -0.05) is 54.6 Å². The molecule has 0 aliphatic rings. The third-order valence-electron chi connectivity index (χ3n) is 4.02. The number of benzene rings is 2. The summed E-state index contributed by atoms with van der Waals surface area (Å²) in [6, 6.07) is 20.0. The maximum atomic E-state index is 12.2. The van der Waals surface area contributed by atoms with Crippen LogP contribution in [0.4, 0.5) is 0 Å². The van der Waals surface area contributed by atoms with Gasteiger partial charge in [0.2, 0.25) is 0 Å². The molecule has 1 aromatic heterocycles. The fraction of sp³-hybridized carbons (Fsp3) is 0.143. The van der Waals surface area contributed by atoms with Crippen molar-refractivity contribution in [3.63, 3.8) is 0 Å². The molecule has 1 N–H and O–H groups in total. The first-order valence-electron chi connectivity index (χ1n) is 8.12. The molecule has 0 spiro atoms. The first-order valence-corrected chi connectivity index (χ1v) is 8.12. The Morgan fingerprint density at radius 2 is 1.60 bits per heavy atom. The van der Waals surface area contributed by atoms with Crippen molar-refractivity contribution in [1.29, 1.82) is 0 Å². The molecule has 0 aliphatic carbocycles. The van der Waals surface area contributed by atoms with Gasteiger partial charge in [0.25, 0.3) is 5.91 Å². The van der Waals surface area contributed by atoms with Gasteiger partial charge in [0, 0.05) is 0 Å². The lowest BCUT2D eigenvalue weighted by Crippen LogP contribution is -2.19. The summed E-state index contributed by atoms with van der Waals surface area (Å²) in [7, 11) is 0. The second kappa shape index (κ2) is 7.18. The maximum absolute atomic E-state index is 12.2. The van der Waals surface area contributed by atoms with E-state index in [1.807, 2.05) is 44.2 Å². The lowest BCUT2D eigenvalue weighted by Gasteiger charge is -2.05. The summed E-state index contributed by atoms with van der Waals surface area (Å²) in [5.41, 5.74) is 7.11. The van der Waals surface area contributed by atoms with Gasteiger partial charge in [0.1, 0.15) is 11.5 Å². The van der Waals surface area contributed by atoms with Crippen LogP contribution in [0.3, 0.4) is 0 Å². The van der Waals surface area contributed by atoms with E-state index in [0.717, 1.165) is 16.8 Å². The Morgan fingerprint density at radius 3 is 2.20 bits per heavy atom. The largest absolute Gasteiger partial charge is 0.466 e. The van der Waals surface area contributed by atoms with E-state index in [1.54, 1.807) is 13.0 Å². The highest BCUT2D eigenvalue weighted by atomic mass is 16.3. The molecule has 0 atom stereocenters. The van der Waals surface area contributed by atoms with E-state index in [-0.39, 0.29) is 5.91 Å². The van der Waals surface area contributed by atoms with E-state index in [9.17, 15) is 4.79 Å². The van der Waals surface area contributed by atoms with Crippen molar-refractivity contribution in [3.05, 3.63) is 83.3 Å². The quantitative estimate of drug-likeness (QED) is 0.555. The molecule has 0 fully saturated rings. The molecule has 1 amide bonds. The molecule has 1 heterocycles. The zero-order chi connectivity index (χ0) is 17.8. The van der Waals surface area contributed by atoms with Crippen LogP contribution < -0.4 is 5.43 Å². The maximum Gasteiger partial charge on any atom is 0.274 e. The highest BCUT2D eigenvalue weighted by Crippen LogP contribution is 2.19. The van der Waals surface area contributed by atoms with Gasteiger partial charge in [0.15, 0.2) is 0 Å². The second-order valence-corrected chi connectivity index (χ2v) is 5.91. The summed E-state index contributed by atoms with van der Waals surface area (Å²) in [5.74, 6) is 1.03. The molecule has 0 unspecified atom stereocenters. The van der Waals surface area contributed by atoms with E-state index < -0.39 is 0 Å². The molecule has 2 aromatic carbocycles. The third-order valence-corrected chi connectivity index (χ3v) is 4.02. The number of furan rings is 1. The number of hydrogen-bond acceptors (Lipinski definition) is 3. The summed E-state index contributed by atoms with van der Waals surface area (Å²) in [6.07, 6.45) is 0. The number of nitrogens with one attached hydrogen (secondary N) is 1. The molecule has 0 saturated heterocycles. The van der Waals surface area contributed by atoms with Gasteiger partial charge in [0.05, 0.1) is 11.3 Å². The number of hydrogen-bond donors (Lipinski definition) is 1. The summed E-state index contributed by atoms with van der Waals surface area (Å²) in [6.45, 7) is 5.44. The predicted octanol–water partition coefficient (Wildman–Crippen LogP) is 4.72. The van der Waals surface area contributed by atoms with Crippen LogP contribution in [0.25, 0.3) is 11.1 Å². The van der Waals surface area contributed by atoms with Crippen LogP contribution in [0.15, 0.2) is 70.2 Å². The van der Waals surface area contributed by atoms with Crippen LogP contribution in [-0.2, 0) is 0 Å². The third kappa shape index (κ3) is 3.86. The first kappa shape index (κ1) is 16.7. The number of carbonyl (C=O) groups is 1. The summed E-state index contributed by atoms with van der Waals surface area (Å²) in [4.78, 5) is 12.2. The SMILES string of the molecule is CC(=NNC(=O)c1cc(C)oc1C)c1ccc(-c2ccccc2)cc1. The Labute approximate surface area is 147 Å². The Morgan fingerprint density at radius 1 is 0.960 bits per heavy atom. The molecule has 3 rings (SSSR count). The van der Waals surface area contributed by atoms with Crippen molar-refractivity contribution < 1.29 is 9.21 Å². The summed E-state index contributed by atoms with van der Waals surface area (Å²) in [5, 5.41) is 4.20. The van der Waals surface area contributed by atoms with Gasteiger partial charge in [-0.2, -0.15) is 5.10 Å². The van der Waals surface area contributed by atoms with Gasteiger partial charge in [-0.25, -0.2) is 5.43 Å². The first-order chi connectivity index (χ1) is 12.0. The Kier molecular flexibility index (Phi) is 4.80. The minimum Gasteiger partial charge on any atom is -0.466 e. The highest BCUT2D eigenvalue weighted by molar-refractivity contribution is 6.01. The lowest BCUT2D eigenvalue weighted by atomic mass is 10.0. The van der Waals surface area contributed by atoms with E-state index in [0.29, 0.717) is 17.1 Å². The normalized spacial score (nSPS) is 11.4. The minimum atomic E-state index is -0.269. The molecule has 0 bridgehead atoms. The van der Waals surface area contributed by atoms with Gasteiger partial charge >= 0.3 is 0 Å². The van der Waals surface area contributed by atoms with Crippen molar-refractivity contribution in [1.82, 2.24) is 5.43 Å². The summed E-state index contributed by atoms with van der Waals surface area (Å²) >= 11 is 0. The number of aryl methyl sites for hydroxylation is 2. The standard InChI is InChI=1S/C21H20N2O2/c1-14-13-20(16(3)25-14)21(24)23-22-15(2)17-9-11-19(12-10-17)18-7-5-4-6-8-18/h4-13H,1-3H3,(H,23,24). The molecule has 4 nitrogen and oxygen atoms in total. The van der Waals surface area contributed by atoms with Crippen molar-refractivity contribution in [2.75, 3.05) is 0 Å².